The number of aryl methyl sites for hydroxylation is 1. The lowest BCUT2D eigenvalue weighted by Gasteiger charge is -2.09. The van der Waals surface area contributed by atoms with E-state index in [9.17, 15) is 5.11 Å². The van der Waals surface area contributed by atoms with Gasteiger partial charge in [0.2, 0.25) is 0 Å². The van der Waals surface area contributed by atoms with Crippen molar-refractivity contribution in [1.82, 2.24) is 9.78 Å². The van der Waals surface area contributed by atoms with Crippen LogP contribution in [0.15, 0.2) is 40.6 Å². The number of fused-ring (bicyclic) bond motifs is 1. The van der Waals surface area contributed by atoms with Crippen LogP contribution in [0.5, 0.6) is 0 Å². The quantitative estimate of drug-likeness (QED) is 0.880. The van der Waals surface area contributed by atoms with Gasteiger partial charge in [-0.05, 0) is 13.8 Å². The molecule has 0 amide bonds. The van der Waals surface area contributed by atoms with Gasteiger partial charge in [-0.3, -0.25) is 0 Å². The van der Waals surface area contributed by atoms with E-state index in [2.05, 4.69) is 15.3 Å². The van der Waals surface area contributed by atoms with Gasteiger partial charge in [0, 0.05) is 11.6 Å². The first-order valence-electron chi connectivity index (χ1n) is 5.90. The molecule has 0 spiro atoms. The summed E-state index contributed by atoms with van der Waals surface area (Å²) in [5.74, 6) is 0.691. The van der Waals surface area contributed by atoms with Gasteiger partial charge in [0.15, 0.2) is 12.0 Å². The second kappa shape index (κ2) is 4.03. The van der Waals surface area contributed by atoms with Crippen molar-refractivity contribution in [3.63, 3.8) is 0 Å². The molecule has 2 unspecified atom stereocenters. The fraction of sp³-hybridized carbons (Fsp3) is 0.308. The molecular weight excluding hydrogens is 228 g/mol. The zero-order valence-electron chi connectivity index (χ0n) is 10.3. The first-order chi connectivity index (χ1) is 8.65. The van der Waals surface area contributed by atoms with Gasteiger partial charge in [0.1, 0.15) is 0 Å². The minimum Gasteiger partial charge on any atom is -0.387 e. The summed E-state index contributed by atoms with van der Waals surface area (Å²) in [5, 5.41) is 22.2. The Morgan fingerprint density at radius 1 is 1.28 bits per heavy atom. The van der Waals surface area contributed by atoms with E-state index in [0.29, 0.717) is 11.5 Å². The summed E-state index contributed by atoms with van der Waals surface area (Å²) < 4.78 is 1.74. The fourth-order valence-electron chi connectivity index (χ4n) is 1.97. The third kappa shape index (κ3) is 1.73. The minimum atomic E-state index is -0.586. The van der Waals surface area contributed by atoms with Crippen LogP contribution in [-0.2, 0) is 0 Å². The van der Waals surface area contributed by atoms with E-state index in [1.807, 2.05) is 31.2 Å². The van der Waals surface area contributed by atoms with Crippen molar-refractivity contribution >= 4 is 5.82 Å². The molecule has 18 heavy (non-hydrogen) atoms. The molecule has 2 heterocycles. The van der Waals surface area contributed by atoms with E-state index in [-0.39, 0.29) is 6.17 Å². The Balaban J connectivity index is 1.99. The molecule has 0 saturated heterocycles. The molecule has 3 rings (SSSR count). The molecule has 1 aromatic carbocycles. The molecule has 5 heteroatoms. The largest absolute Gasteiger partial charge is 0.387 e. The van der Waals surface area contributed by atoms with E-state index >= 15 is 0 Å². The lowest BCUT2D eigenvalue weighted by Crippen LogP contribution is -2.07. The number of aliphatic hydroxyl groups is 1. The molecular formula is C13H14N4O. The SMILES string of the molecule is Cc1ccc(C2N=Nc3cc(C(C)O)nn32)cc1. The maximum atomic E-state index is 9.53. The van der Waals surface area contributed by atoms with Gasteiger partial charge < -0.3 is 5.11 Å². The van der Waals surface area contributed by atoms with E-state index in [1.165, 1.54) is 5.56 Å². The first-order valence-corrected chi connectivity index (χ1v) is 5.90. The van der Waals surface area contributed by atoms with Crippen LogP contribution in [0, 0.1) is 6.92 Å². The molecule has 0 bridgehead atoms. The molecule has 1 aliphatic heterocycles. The third-order valence-corrected chi connectivity index (χ3v) is 3.04. The molecule has 5 nitrogen and oxygen atoms in total. The summed E-state index contributed by atoms with van der Waals surface area (Å²) in [4.78, 5) is 0. The van der Waals surface area contributed by atoms with E-state index < -0.39 is 6.10 Å². The number of aromatic nitrogens is 2. The Morgan fingerprint density at radius 2 is 2.00 bits per heavy atom. The number of nitrogens with zero attached hydrogens (tertiary/aromatic N) is 4. The van der Waals surface area contributed by atoms with Crippen molar-refractivity contribution in [3.8, 4) is 0 Å². The monoisotopic (exact) mass is 242 g/mol. The lowest BCUT2D eigenvalue weighted by molar-refractivity contribution is 0.193. The van der Waals surface area contributed by atoms with Gasteiger partial charge in [-0.25, -0.2) is 4.68 Å². The predicted octanol–water partition coefficient (Wildman–Crippen LogP) is 2.89. The normalized spacial score (nSPS) is 18.9. The van der Waals surface area contributed by atoms with Gasteiger partial charge in [-0.2, -0.15) is 10.2 Å². The summed E-state index contributed by atoms with van der Waals surface area (Å²) in [6.07, 6.45) is -0.801. The predicted molar refractivity (Wildman–Crippen MR) is 66.7 cm³/mol. The van der Waals surface area contributed by atoms with Crippen molar-refractivity contribution < 1.29 is 5.11 Å². The van der Waals surface area contributed by atoms with Crippen LogP contribution in [0.1, 0.15) is 36.0 Å². The number of hydrogen-bond acceptors (Lipinski definition) is 4. The summed E-state index contributed by atoms with van der Waals surface area (Å²) in [6.45, 7) is 3.74. The van der Waals surface area contributed by atoms with Crippen molar-refractivity contribution in [2.45, 2.75) is 26.1 Å². The zero-order chi connectivity index (χ0) is 12.7. The molecule has 1 aromatic heterocycles. The standard InChI is InChI=1S/C13H14N4O/c1-8-3-5-10(6-4-8)13-15-14-12-7-11(9(2)18)16-17(12)13/h3-7,9,13,18H,1-2H3. The van der Waals surface area contributed by atoms with E-state index in [0.717, 1.165) is 5.56 Å². The van der Waals surface area contributed by atoms with Crippen LogP contribution in [-0.4, -0.2) is 14.9 Å². The van der Waals surface area contributed by atoms with Crippen LogP contribution in [0.4, 0.5) is 5.82 Å². The maximum absolute atomic E-state index is 9.53. The van der Waals surface area contributed by atoms with Gasteiger partial charge in [0.05, 0.1) is 11.8 Å². The molecule has 0 aliphatic carbocycles. The highest BCUT2D eigenvalue weighted by atomic mass is 16.3. The van der Waals surface area contributed by atoms with Crippen LogP contribution in [0.25, 0.3) is 0 Å². The number of benzene rings is 1. The topological polar surface area (TPSA) is 62.8 Å². The van der Waals surface area contributed by atoms with Gasteiger partial charge >= 0.3 is 0 Å². The molecule has 0 saturated carbocycles. The highest BCUT2D eigenvalue weighted by molar-refractivity contribution is 5.36. The maximum Gasteiger partial charge on any atom is 0.190 e. The fourth-order valence-corrected chi connectivity index (χ4v) is 1.97. The van der Waals surface area contributed by atoms with Crippen molar-refractivity contribution in [1.29, 1.82) is 0 Å². The van der Waals surface area contributed by atoms with Crippen molar-refractivity contribution in [3.05, 3.63) is 47.2 Å². The Kier molecular flexibility index (Phi) is 2.48. The van der Waals surface area contributed by atoms with Crippen molar-refractivity contribution in [2.24, 2.45) is 10.2 Å². The number of rotatable bonds is 2. The second-order valence-corrected chi connectivity index (χ2v) is 4.55. The van der Waals surface area contributed by atoms with Crippen LogP contribution in [0.3, 0.4) is 0 Å². The van der Waals surface area contributed by atoms with E-state index in [4.69, 9.17) is 0 Å². The molecule has 92 valence electrons. The average molecular weight is 242 g/mol. The highest BCUT2D eigenvalue weighted by Crippen LogP contribution is 2.34. The Labute approximate surface area is 105 Å². The first kappa shape index (κ1) is 11.1. The second-order valence-electron chi connectivity index (χ2n) is 4.55. The molecule has 2 atom stereocenters. The van der Waals surface area contributed by atoms with Crippen LogP contribution in [0.2, 0.25) is 0 Å². The Morgan fingerprint density at radius 3 is 2.67 bits per heavy atom. The Hall–Kier alpha value is -2.01. The molecule has 1 N–H and O–H groups in total. The smallest absolute Gasteiger partial charge is 0.190 e. The summed E-state index contributed by atoms with van der Waals surface area (Å²) in [7, 11) is 0. The van der Waals surface area contributed by atoms with E-state index in [1.54, 1.807) is 17.7 Å². The molecule has 0 fully saturated rings. The molecule has 0 radical (unpaired) electrons. The Bertz CT molecular complexity index is 598. The highest BCUT2D eigenvalue weighted by Gasteiger charge is 2.24. The molecule has 2 aromatic rings. The lowest BCUT2D eigenvalue weighted by atomic mass is 10.1. The number of aliphatic hydroxyl groups excluding tert-OH is 1. The van der Waals surface area contributed by atoms with Crippen LogP contribution < -0.4 is 0 Å². The van der Waals surface area contributed by atoms with Gasteiger partial charge in [0.25, 0.3) is 0 Å². The number of hydrogen-bond donors (Lipinski definition) is 1. The summed E-state index contributed by atoms with van der Waals surface area (Å²) in [5.41, 5.74) is 2.88. The number of azo groups is 1. The summed E-state index contributed by atoms with van der Waals surface area (Å²) in [6, 6.07) is 9.90. The van der Waals surface area contributed by atoms with Gasteiger partial charge in [-0.15, -0.1) is 5.11 Å². The van der Waals surface area contributed by atoms with Gasteiger partial charge in [-0.1, -0.05) is 29.8 Å². The van der Waals surface area contributed by atoms with Crippen molar-refractivity contribution in [2.75, 3.05) is 0 Å². The average Bonchev–Trinajstić information content (AvgIpc) is 2.89. The van der Waals surface area contributed by atoms with Crippen LogP contribution >= 0.6 is 0 Å². The zero-order valence-corrected chi connectivity index (χ0v) is 10.3. The molecule has 1 aliphatic rings. The third-order valence-electron chi connectivity index (χ3n) is 3.04. The summed E-state index contributed by atoms with van der Waals surface area (Å²) >= 11 is 0. The minimum absolute atomic E-state index is 0.215.